The van der Waals surface area contributed by atoms with E-state index in [4.69, 9.17) is 4.42 Å². The van der Waals surface area contributed by atoms with Crippen LogP contribution in [0.15, 0.2) is 58.3 Å². The highest BCUT2D eigenvalue weighted by Crippen LogP contribution is 2.18. The second-order valence-electron chi connectivity index (χ2n) is 7.01. The molecule has 2 aromatic heterocycles. The van der Waals surface area contributed by atoms with Gasteiger partial charge in [-0.3, -0.25) is 4.79 Å². The van der Waals surface area contributed by atoms with Gasteiger partial charge in [0.1, 0.15) is 12.3 Å². The number of furan rings is 1. The van der Waals surface area contributed by atoms with Crippen LogP contribution in [0.5, 0.6) is 0 Å². The summed E-state index contributed by atoms with van der Waals surface area (Å²) < 4.78 is 33.7. The summed E-state index contributed by atoms with van der Waals surface area (Å²) in [5.74, 6) is 0.789. The number of nitrogens with zero attached hydrogens (tertiary/aromatic N) is 6. The maximum absolute atomic E-state index is 12.7. The highest BCUT2D eigenvalue weighted by atomic mass is 32.2. The number of carbonyl (C=O) groups excluding carboxylic acids is 1. The highest BCUT2D eigenvalue weighted by molar-refractivity contribution is 7.99. The fourth-order valence-electron chi connectivity index (χ4n) is 3.26. The van der Waals surface area contributed by atoms with Crippen LogP contribution in [-0.4, -0.2) is 75.7 Å². The monoisotopic (exact) mass is 462 g/mol. The molecule has 1 saturated heterocycles. The van der Waals surface area contributed by atoms with E-state index in [-0.39, 0.29) is 17.4 Å². The molecule has 1 amide bonds. The molecule has 1 aliphatic heterocycles. The maximum Gasteiger partial charge on any atom is 0.233 e. The fourth-order valence-corrected chi connectivity index (χ4v) is 5.55. The van der Waals surface area contributed by atoms with Gasteiger partial charge >= 0.3 is 0 Å². The van der Waals surface area contributed by atoms with Gasteiger partial charge in [-0.25, -0.2) is 13.1 Å². The molecule has 0 atom stereocenters. The zero-order valence-electron chi connectivity index (χ0n) is 16.7. The van der Waals surface area contributed by atoms with E-state index in [1.165, 1.54) is 16.1 Å². The summed E-state index contributed by atoms with van der Waals surface area (Å²) in [6, 6.07) is 12.7. The number of benzene rings is 1. The number of hydrogen-bond acceptors (Lipinski definition) is 8. The average molecular weight is 463 g/mol. The normalized spacial score (nSPS) is 15.3. The second kappa shape index (κ2) is 9.62. The number of thioether (sulfide) groups is 1. The van der Waals surface area contributed by atoms with Crippen LogP contribution in [0.4, 0.5) is 0 Å². The summed E-state index contributed by atoms with van der Waals surface area (Å²) >= 11 is 1.25. The second-order valence-corrected chi connectivity index (χ2v) is 9.92. The fraction of sp³-hybridized carbons (Fsp3) is 0.368. The summed E-state index contributed by atoms with van der Waals surface area (Å²) in [6.07, 6.45) is 1.58. The van der Waals surface area contributed by atoms with Crippen molar-refractivity contribution in [2.45, 2.75) is 17.5 Å². The van der Waals surface area contributed by atoms with Crippen molar-refractivity contribution in [1.82, 2.24) is 29.4 Å². The Morgan fingerprint density at radius 2 is 1.84 bits per heavy atom. The lowest BCUT2D eigenvalue weighted by molar-refractivity contribution is -0.129. The van der Waals surface area contributed by atoms with Crippen molar-refractivity contribution in [3.05, 3.63) is 60.1 Å². The predicted molar refractivity (Wildman–Crippen MR) is 114 cm³/mol. The third kappa shape index (κ3) is 5.51. The molecule has 4 rings (SSSR count). The Labute approximate surface area is 184 Å². The van der Waals surface area contributed by atoms with Crippen LogP contribution < -0.4 is 0 Å². The van der Waals surface area contributed by atoms with E-state index in [1.54, 1.807) is 34.0 Å². The van der Waals surface area contributed by atoms with E-state index in [2.05, 4.69) is 15.5 Å². The van der Waals surface area contributed by atoms with Crippen LogP contribution in [0.2, 0.25) is 0 Å². The Bertz CT molecular complexity index is 1090. The molecule has 12 heteroatoms. The van der Waals surface area contributed by atoms with E-state index in [9.17, 15) is 13.2 Å². The van der Waals surface area contributed by atoms with E-state index >= 15 is 0 Å². The van der Waals surface area contributed by atoms with Crippen molar-refractivity contribution in [2.24, 2.45) is 0 Å². The van der Waals surface area contributed by atoms with E-state index < -0.39 is 10.0 Å². The van der Waals surface area contributed by atoms with Crippen molar-refractivity contribution >= 4 is 27.7 Å². The molecule has 1 fully saturated rings. The summed E-state index contributed by atoms with van der Waals surface area (Å²) in [5.41, 5.74) is 0.754. The van der Waals surface area contributed by atoms with Crippen molar-refractivity contribution in [3.8, 4) is 0 Å². The van der Waals surface area contributed by atoms with Crippen molar-refractivity contribution < 1.29 is 17.6 Å². The van der Waals surface area contributed by atoms with Crippen molar-refractivity contribution in [1.29, 1.82) is 0 Å². The molecule has 0 unspecified atom stereocenters. The van der Waals surface area contributed by atoms with Gasteiger partial charge in [-0.1, -0.05) is 42.1 Å². The van der Waals surface area contributed by atoms with Crippen LogP contribution in [0.3, 0.4) is 0 Å². The lowest BCUT2D eigenvalue weighted by Crippen LogP contribution is -2.51. The number of tetrazole rings is 1. The minimum Gasteiger partial charge on any atom is -0.467 e. The minimum atomic E-state index is -3.41. The molecule has 164 valence electrons. The Morgan fingerprint density at radius 1 is 1.06 bits per heavy atom. The molecular weight excluding hydrogens is 440 g/mol. The molecule has 0 radical (unpaired) electrons. The number of aromatic nitrogens is 4. The zero-order valence-corrected chi connectivity index (χ0v) is 18.3. The van der Waals surface area contributed by atoms with Gasteiger partial charge in [-0.15, -0.1) is 5.10 Å². The van der Waals surface area contributed by atoms with Gasteiger partial charge < -0.3 is 9.32 Å². The molecule has 0 spiro atoms. The molecule has 1 aromatic carbocycles. The third-order valence-corrected chi connectivity index (χ3v) is 7.68. The standard InChI is InChI=1S/C19H22N6O4S2/c26-18(14-30-19-20-21-22-25(19)13-17-7-4-12-29-17)23-8-10-24(11-9-23)31(27,28)15-16-5-2-1-3-6-16/h1-7,12H,8-11,13-15H2. The molecular formula is C19H22N6O4S2. The summed E-state index contributed by atoms with van der Waals surface area (Å²) in [7, 11) is -3.41. The highest BCUT2D eigenvalue weighted by Gasteiger charge is 2.29. The summed E-state index contributed by atoms with van der Waals surface area (Å²) in [4.78, 5) is 14.3. The zero-order chi connectivity index (χ0) is 21.7. The van der Waals surface area contributed by atoms with E-state index in [0.29, 0.717) is 43.6 Å². The smallest absolute Gasteiger partial charge is 0.233 e. The lowest BCUT2D eigenvalue weighted by Gasteiger charge is -2.34. The number of rotatable bonds is 8. The quantitative estimate of drug-likeness (QED) is 0.457. The first-order valence-electron chi connectivity index (χ1n) is 9.72. The van der Waals surface area contributed by atoms with E-state index in [1.807, 2.05) is 24.3 Å². The van der Waals surface area contributed by atoms with Crippen LogP contribution >= 0.6 is 11.8 Å². The largest absolute Gasteiger partial charge is 0.467 e. The van der Waals surface area contributed by atoms with Gasteiger partial charge in [0, 0.05) is 26.2 Å². The van der Waals surface area contributed by atoms with E-state index in [0.717, 1.165) is 5.56 Å². The van der Waals surface area contributed by atoms with Crippen molar-refractivity contribution in [3.63, 3.8) is 0 Å². The minimum absolute atomic E-state index is 0.0318. The number of hydrogen-bond donors (Lipinski definition) is 0. The number of piperazine rings is 1. The Hall–Kier alpha value is -2.70. The maximum atomic E-state index is 12.7. The van der Waals surface area contributed by atoms with Gasteiger partial charge in [-0.2, -0.15) is 4.31 Å². The van der Waals surface area contributed by atoms with Crippen LogP contribution in [0.25, 0.3) is 0 Å². The molecule has 1 aliphatic rings. The van der Waals surface area contributed by atoms with Gasteiger partial charge in [-0.05, 0) is 28.1 Å². The van der Waals surface area contributed by atoms with Crippen LogP contribution in [0, 0.1) is 0 Å². The first-order chi connectivity index (χ1) is 15.0. The molecule has 0 saturated carbocycles. The SMILES string of the molecule is O=C(CSc1nnnn1Cc1ccco1)N1CCN(S(=O)(=O)Cc2ccccc2)CC1. The summed E-state index contributed by atoms with van der Waals surface area (Å²) in [6.45, 7) is 1.70. The summed E-state index contributed by atoms with van der Waals surface area (Å²) in [5, 5.41) is 12.1. The third-order valence-electron chi connectivity index (χ3n) is 4.89. The number of sulfonamides is 1. The molecule has 31 heavy (non-hydrogen) atoms. The molecule has 3 aromatic rings. The van der Waals surface area contributed by atoms with Crippen molar-refractivity contribution in [2.75, 3.05) is 31.9 Å². The first-order valence-corrected chi connectivity index (χ1v) is 12.3. The van der Waals surface area contributed by atoms with Crippen LogP contribution in [0.1, 0.15) is 11.3 Å². The molecule has 10 nitrogen and oxygen atoms in total. The predicted octanol–water partition coefficient (Wildman–Crippen LogP) is 1.08. The molecule has 0 bridgehead atoms. The lowest BCUT2D eigenvalue weighted by atomic mass is 10.2. The number of amides is 1. The first kappa shape index (κ1) is 21.5. The van der Waals surface area contributed by atoms with Gasteiger partial charge in [0.2, 0.25) is 21.1 Å². The van der Waals surface area contributed by atoms with Gasteiger partial charge in [0.25, 0.3) is 0 Å². The topological polar surface area (TPSA) is 114 Å². The molecule has 0 aliphatic carbocycles. The Balaban J connectivity index is 1.27. The molecule has 0 N–H and O–H groups in total. The Kier molecular flexibility index (Phi) is 6.68. The molecule has 3 heterocycles. The van der Waals surface area contributed by atoms with Crippen LogP contribution in [-0.2, 0) is 27.1 Å². The number of carbonyl (C=O) groups is 1. The average Bonchev–Trinajstić information content (AvgIpc) is 3.45. The van der Waals surface area contributed by atoms with Gasteiger partial charge in [0.15, 0.2) is 0 Å². The van der Waals surface area contributed by atoms with Gasteiger partial charge in [0.05, 0.1) is 17.8 Å². The Morgan fingerprint density at radius 3 is 2.55 bits per heavy atom.